The van der Waals surface area contributed by atoms with E-state index in [0.717, 1.165) is 0 Å². The van der Waals surface area contributed by atoms with Gasteiger partial charge in [0.25, 0.3) is 5.91 Å². The highest BCUT2D eigenvalue weighted by Gasteiger charge is 2.33. The van der Waals surface area contributed by atoms with E-state index in [4.69, 9.17) is 34.8 Å². The molecule has 1 fully saturated rings. The lowest BCUT2D eigenvalue weighted by Gasteiger charge is -2.34. The lowest BCUT2D eigenvalue weighted by atomic mass is 10.2. The lowest BCUT2D eigenvalue weighted by molar-refractivity contribution is 0.0698. The number of carbonyl (C=O) groups is 1. The van der Waals surface area contributed by atoms with Crippen LogP contribution < -0.4 is 0 Å². The van der Waals surface area contributed by atoms with Crippen molar-refractivity contribution in [2.75, 3.05) is 26.2 Å². The summed E-state index contributed by atoms with van der Waals surface area (Å²) in [5, 5.41) is 0.371. The molecule has 1 aromatic heterocycles. The minimum atomic E-state index is -3.84. The van der Waals surface area contributed by atoms with Crippen molar-refractivity contribution in [3.8, 4) is 0 Å². The zero-order valence-electron chi connectivity index (χ0n) is 13.4. The van der Waals surface area contributed by atoms with Gasteiger partial charge in [-0.3, -0.25) is 4.79 Å². The SMILES string of the molecule is O=C(c1ccnc(Cl)c1)N1CCN(S(=O)(=O)c2c(Cl)cccc2Cl)CC1. The van der Waals surface area contributed by atoms with E-state index in [1.54, 1.807) is 17.0 Å². The first-order chi connectivity index (χ1) is 12.3. The van der Waals surface area contributed by atoms with Crippen LogP contribution in [0, 0.1) is 0 Å². The van der Waals surface area contributed by atoms with Crippen molar-refractivity contribution < 1.29 is 13.2 Å². The van der Waals surface area contributed by atoms with E-state index in [-0.39, 0.29) is 52.2 Å². The van der Waals surface area contributed by atoms with Crippen LogP contribution in [-0.2, 0) is 10.0 Å². The molecule has 2 heterocycles. The predicted molar refractivity (Wildman–Crippen MR) is 100 cm³/mol. The number of hydrogen-bond acceptors (Lipinski definition) is 4. The maximum atomic E-state index is 12.8. The van der Waals surface area contributed by atoms with E-state index in [1.807, 2.05) is 0 Å². The minimum Gasteiger partial charge on any atom is -0.336 e. The third-order valence-corrected chi connectivity index (χ3v) is 7.08. The number of rotatable bonds is 3. The summed E-state index contributed by atoms with van der Waals surface area (Å²) in [6.45, 7) is 0.795. The monoisotopic (exact) mass is 433 g/mol. The molecule has 138 valence electrons. The number of piperazine rings is 1. The molecular formula is C16H14Cl3N3O3S. The van der Waals surface area contributed by atoms with Crippen molar-refractivity contribution in [3.05, 3.63) is 57.3 Å². The predicted octanol–water partition coefficient (Wildman–Crippen LogP) is 3.19. The third-order valence-electron chi connectivity index (χ3n) is 4.02. The molecule has 1 aromatic carbocycles. The summed E-state index contributed by atoms with van der Waals surface area (Å²) >= 11 is 17.9. The van der Waals surface area contributed by atoms with Gasteiger partial charge in [-0.05, 0) is 24.3 Å². The first-order valence-corrected chi connectivity index (χ1v) is 10.2. The Morgan fingerprint density at radius 2 is 1.62 bits per heavy atom. The fraction of sp³-hybridized carbons (Fsp3) is 0.250. The summed E-state index contributed by atoms with van der Waals surface area (Å²) in [7, 11) is -3.84. The molecule has 0 aliphatic carbocycles. The molecule has 26 heavy (non-hydrogen) atoms. The molecule has 1 aliphatic rings. The molecule has 0 unspecified atom stereocenters. The Bertz CT molecular complexity index is 925. The van der Waals surface area contributed by atoms with Gasteiger partial charge in [-0.1, -0.05) is 40.9 Å². The maximum absolute atomic E-state index is 12.8. The van der Waals surface area contributed by atoms with Crippen LogP contribution in [0.5, 0.6) is 0 Å². The molecule has 0 bridgehead atoms. The molecule has 3 rings (SSSR count). The van der Waals surface area contributed by atoms with E-state index in [1.165, 1.54) is 28.7 Å². The average Bonchev–Trinajstić information content (AvgIpc) is 2.61. The van der Waals surface area contributed by atoms with Crippen molar-refractivity contribution in [1.29, 1.82) is 0 Å². The van der Waals surface area contributed by atoms with Crippen LogP contribution in [0.4, 0.5) is 0 Å². The molecule has 0 N–H and O–H groups in total. The standard InChI is InChI=1S/C16H14Cl3N3O3S/c17-12-2-1-3-13(18)15(12)26(24,25)22-8-6-21(7-9-22)16(23)11-4-5-20-14(19)10-11/h1-5,10H,6-9H2. The number of nitrogens with zero attached hydrogens (tertiary/aromatic N) is 3. The number of sulfonamides is 1. The fourth-order valence-electron chi connectivity index (χ4n) is 2.71. The molecule has 0 spiro atoms. The molecule has 1 amide bonds. The zero-order valence-corrected chi connectivity index (χ0v) is 16.5. The molecule has 1 aliphatic heterocycles. The molecule has 0 atom stereocenters. The van der Waals surface area contributed by atoms with Gasteiger partial charge in [-0.25, -0.2) is 13.4 Å². The Hall–Kier alpha value is -1.38. The van der Waals surface area contributed by atoms with E-state index in [0.29, 0.717) is 5.56 Å². The third kappa shape index (κ3) is 3.82. The van der Waals surface area contributed by atoms with Crippen LogP contribution >= 0.6 is 34.8 Å². The van der Waals surface area contributed by atoms with Gasteiger partial charge in [0, 0.05) is 37.9 Å². The number of aromatic nitrogens is 1. The average molecular weight is 435 g/mol. The fourth-order valence-corrected chi connectivity index (χ4v) is 5.40. The lowest BCUT2D eigenvalue weighted by Crippen LogP contribution is -2.50. The van der Waals surface area contributed by atoms with Crippen LogP contribution in [0.1, 0.15) is 10.4 Å². The number of amides is 1. The van der Waals surface area contributed by atoms with Crippen LogP contribution in [0.2, 0.25) is 15.2 Å². The largest absolute Gasteiger partial charge is 0.336 e. The van der Waals surface area contributed by atoms with E-state index >= 15 is 0 Å². The van der Waals surface area contributed by atoms with Crippen LogP contribution in [0.3, 0.4) is 0 Å². The summed E-state index contributed by atoms with van der Waals surface area (Å²) in [4.78, 5) is 17.8. The molecule has 2 aromatic rings. The van der Waals surface area contributed by atoms with Crippen molar-refractivity contribution in [3.63, 3.8) is 0 Å². The van der Waals surface area contributed by atoms with Crippen molar-refractivity contribution >= 4 is 50.7 Å². The first-order valence-electron chi connectivity index (χ1n) is 7.65. The summed E-state index contributed by atoms with van der Waals surface area (Å²) in [6.07, 6.45) is 1.45. The molecule has 6 nitrogen and oxygen atoms in total. The summed E-state index contributed by atoms with van der Waals surface area (Å²) in [6, 6.07) is 7.60. The second kappa shape index (κ2) is 7.70. The summed E-state index contributed by atoms with van der Waals surface area (Å²) in [5.74, 6) is -0.220. The highest BCUT2D eigenvalue weighted by atomic mass is 35.5. The van der Waals surface area contributed by atoms with Gasteiger partial charge in [-0.2, -0.15) is 4.31 Å². The highest BCUT2D eigenvalue weighted by molar-refractivity contribution is 7.89. The number of hydrogen-bond donors (Lipinski definition) is 0. The Morgan fingerprint density at radius 3 is 2.19 bits per heavy atom. The van der Waals surface area contributed by atoms with Crippen LogP contribution in [0.15, 0.2) is 41.4 Å². The molecular weight excluding hydrogens is 421 g/mol. The quantitative estimate of drug-likeness (QED) is 0.696. The van der Waals surface area contributed by atoms with E-state index in [9.17, 15) is 13.2 Å². The Labute approximate surface area is 166 Å². The van der Waals surface area contributed by atoms with Crippen LogP contribution in [0.25, 0.3) is 0 Å². The number of pyridine rings is 1. The van der Waals surface area contributed by atoms with Gasteiger partial charge in [0.15, 0.2) is 0 Å². The normalized spacial score (nSPS) is 15.9. The Kier molecular flexibility index (Phi) is 5.74. The topological polar surface area (TPSA) is 70.6 Å². The molecule has 0 radical (unpaired) electrons. The highest BCUT2D eigenvalue weighted by Crippen LogP contribution is 2.32. The van der Waals surface area contributed by atoms with Crippen LogP contribution in [-0.4, -0.2) is 54.7 Å². The van der Waals surface area contributed by atoms with Gasteiger partial charge in [0.2, 0.25) is 10.0 Å². The molecule has 10 heteroatoms. The van der Waals surface area contributed by atoms with E-state index in [2.05, 4.69) is 4.98 Å². The Morgan fingerprint density at radius 1 is 1.00 bits per heavy atom. The first kappa shape index (κ1) is 19.4. The van der Waals surface area contributed by atoms with Crippen molar-refractivity contribution in [2.24, 2.45) is 0 Å². The zero-order chi connectivity index (χ0) is 18.9. The Balaban J connectivity index is 1.75. The summed E-state index contributed by atoms with van der Waals surface area (Å²) in [5.41, 5.74) is 0.412. The second-order valence-electron chi connectivity index (χ2n) is 5.61. The molecule has 1 saturated heterocycles. The van der Waals surface area contributed by atoms with Crippen molar-refractivity contribution in [2.45, 2.75) is 4.90 Å². The maximum Gasteiger partial charge on any atom is 0.254 e. The van der Waals surface area contributed by atoms with Gasteiger partial charge < -0.3 is 4.90 Å². The van der Waals surface area contributed by atoms with E-state index < -0.39 is 10.0 Å². The van der Waals surface area contributed by atoms with Gasteiger partial charge in [-0.15, -0.1) is 0 Å². The second-order valence-corrected chi connectivity index (χ2v) is 8.69. The van der Waals surface area contributed by atoms with Crippen molar-refractivity contribution in [1.82, 2.24) is 14.2 Å². The molecule has 0 saturated carbocycles. The number of halogens is 3. The minimum absolute atomic E-state index is 0.0717. The smallest absolute Gasteiger partial charge is 0.254 e. The van der Waals surface area contributed by atoms with Gasteiger partial charge >= 0.3 is 0 Å². The van der Waals surface area contributed by atoms with Gasteiger partial charge in [0.1, 0.15) is 10.0 Å². The summed E-state index contributed by atoms with van der Waals surface area (Å²) < 4.78 is 27.0. The van der Waals surface area contributed by atoms with Gasteiger partial charge in [0.05, 0.1) is 10.0 Å². The number of carbonyl (C=O) groups excluding carboxylic acids is 1. The number of benzene rings is 1.